The van der Waals surface area contributed by atoms with Gasteiger partial charge in [-0.15, -0.1) is 9.90 Å². The molecule has 0 bridgehead atoms. The second-order valence-corrected chi connectivity index (χ2v) is 5.54. The van der Waals surface area contributed by atoms with Crippen molar-refractivity contribution in [3.8, 4) is 5.69 Å². The van der Waals surface area contributed by atoms with Crippen LogP contribution in [0.25, 0.3) is 5.69 Å². The zero-order valence-corrected chi connectivity index (χ0v) is 12.8. The minimum atomic E-state index is -0.167. The molecule has 7 nitrogen and oxygen atoms in total. The van der Waals surface area contributed by atoms with Gasteiger partial charge < -0.3 is 0 Å². The summed E-state index contributed by atoms with van der Waals surface area (Å²) in [5.74, 6) is -0.167. The quantitative estimate of drug-likeness (QED) is 0.656. The number of carbonyl (C=O) groups excluding carboxylic acids is 1. The zero-order chi connectivity index (χ0) is 15.1. The molecule has 0 atom stereocenters. The van der Waals surface area contributed by atoms with Gasteiger partial charge in [-0.05, 0) is 40.2 Å². The van der Waals surface area contributed by atoms with Crippen LogP contribution in [0.2, 0.25) is 0 Å². The normalized spacial score (nSPS) is 13.5. The topological polar surface area (TPSA) is 76.8 Å². The van der Waals surface area contributed by atoms with Crippen molar-refractivity contribution < 1.29 is 4.79 Å². The number of anilines is 1. The molecule has 0 aromatic carbocycles. The van der Waals surface area contributed by atoms with Crippen LogP contribution in [0.1, 0.15) is 16.2 Å². The van der Waals surface area contributed by atoms with E-state index in [1.165, 1.54) is 4.80 Å². The average molecular weight is 357 g/mol. The lowest BCUT2D eigenvalue weighted by atomic mass is 10.4. The van der Waals surface area contributed by atoms with Crippen LogP contribution < -0.4 is 4.90 Å². The van der Waals surface area contributed by atoms with E-state index in [2.05, 4.69) is 36.1 Å². The molecule has 108 valence electrons. The van der Waals surface area contributed by atoms with E-state index in [1.807, 2.05) is 12.1 Å². The fourth-order valence-corrected chi connectivity index (χ4v) is 2.52. The number of fused-ring (bicyclic) bond motifs is 1. The lowest BCUT2D eigenvalue weighted by molar-refractivity contribution is 0.0991. The highest BCUT2D eigenvalue weighted by Crippen LogP contribution is 2.25. The van der Waals surface area contributed by atoms with Crippen LogP contribution in [-0.2, 0) is 6.54 Å². The molecule has 4 rings (SSSR count). The van der Waals surface area contributed by atoms with Crippen molar-refractivity contribution in [3.05, 3.63) is 58.8 Å². The Morgan fingerprint density at radius 1 is 1.09 bits per heavy atom. The molecule has 1 amide bonds. The summed E-state index contributed by atoms with van der Waals surface area (Å²) in [4.78, 5) is 23.7. The van der Waals surface area contributed by atoms with Gasteiger partial charge >= 0.3 is 0 Å². The second kappa shape index (κ2) is 4.99. The molecule has 4 heterocycles. The molecule has 3 aromatic rings. The Morgan fingerprint density at radius 3 is 2.68 bits per heavy atom. The Balaban J connectivity index is 1.67. The van der Waals surface area contributed by atoms with E-state index in [0.29, 0.717) is 23.6 Å². The van der Waals surface area contributed by atoms with Gasteiger partial charge in [0.1, 0.15) is 16.0 Å². The molecule has 22 heavy (non-hydrogen) atoms. The Kier molecular flexibility index (Phi) is 2.97. The van der Waals surface area contributed by atoms with Crippen molar-refractivity contribution in [3.63, 3.8) is 0 Å². The molecular weight excluding hydrogens is 348 g/mol. The maximum atomic E-state index is 12.5. The van der Waals surface area contributed by atoms with Crippen molar-refractivity contribution in [2.75, 3.05) is 4.90 Å². The Bertz CT molecular complexity index is 846. The first-order valence-electron chi connectivity index (χ1n) is 6.52. The van der Waals surface area contributed by atoms with Crippen LogP contribution in [0, 0.1) is 0 Å². The van der Waals surface area contributed by atoms with Crippen LogP contribution in [0.3, 0.4) is 0 Å². The van der Waals surface area contributed by atoms with Gasteiger partial charge in [-0.3, -0.25) is 14.7 Å². The highest BCUT2D eigenvalue weighted by molar-refractivity contribution is 9.10. The lowest BCUT2D eigenvalue weighted by Crippen LogP contribution is -2.24. The third-order valence-corrected chi connectivity index (χ3v) is 3.81. The van der Waals surface area contributed by atoms with Crippen molar-refractivity contribution in [2.45, 2.75) is 6.54 Å². The predicted molar refractivity (Wildman–Crippen MR) is 81.6 cm³/mol. The predicted octanol–water partition coefficient (Wildman–Crippen LogP) is 1.98. The number of rotatable bonds is 2. The van der Waals surface area contributed by atoms with Crippen LogP contribution in [0.5, 0.6) is 0 Å². The third-order valence-electron chi connectivity index (χ3n) is 3.34. The fraction of sp³-hybridized carbons (Fsp3) is 0.0714. The molecule has 0 saturated carbocycles. The minimum Gasteiger partial charge on any atom is -0.299 e. The Labute approximate surface area is 133 Å². The Morgan fingerprint density at radius 2 is 2.00 bits per heavy atom. The van der Waals surface area contributed by atoms with E-state index in [0.717, 1.165) is 10.3 Å². The summed E-state index contributed by atoms with van der Waals surface area (Å²) < 4.78 is 0.731. The van der Waals surface area contributed by atoms with Crippen LogP contribution >= 0.6 is 15.9 Å². The van der Waals surface area contributed by atoms with E-state index < -0.39 is 0 Å². The van der Waals surface area contributed by atoms with Crippen molar-refractivity contribution >= 4 is 27.5 Å². The molecule has 0 N–H and O–H groups in total. The monoisotopic (exact) mass is 356 g/mol. The van der Waals surface area contributed by atoms with E-state index in [1.54, 1.807) is 35.6 Å². The SMILES string of the molecule is O=C1c2nn(-c3ccc(Br)nc3)nc2CN1c1cccnc1. The largest absolute Gasteiger partial charge is 0.299 e. The number of aromatic nitrogens is 5. The second-order valence-electron chi connectivity index (χ2n) is 4.73. The summed E-state index contributed by atoms with van der Waals surface area (Å²) in [7, 11) is 0. The number of pyridine rings is 2. The van der Waals surface area contributed by atoms with Crippen molar-refractivity contribution in [2.24, 2.45) is 0 Å². The highest BCUT2D eigenvalue weighted by atomic mass is 79.9. The summed E-state index contributed by atoms with van der Waals surface area (Å²) in [5, 5.41) is 8.67. The summed E-state index contributed by atoms with van der Waals surface area (Å²) in [6.45, 7) is 0.393. The van der Waals surface area contributed by atoms with Gasteiger partial charge in [0.05, 0.1) is 24.6 Å². The number of hydrogen-bond acceptors (Lipinski definition) is 5. The van der Waals surface area contributed by atoms with Gasteiger partial charge in [0, 0.05) is 6.20 Å². The van der Waals surface area contributed by atoms with Gasteiger partial charge in [-0.2, -0.15) is 5.10 Å². The highest BCUT2D eigenvalue weighted by Gasteiger charge is 2.33. The molecule has 1 aliphatic heterocycles. The molecule has 0 aliphatic carbocycles. The van der Waals surface area contributed by atoms with Crippen LogP contribution in [-0.4, -0.2) is 30.9 Å². The number of hydrogen-bond donors (Lipinski definition) is 0. The number of carbonyl (C=O) groups is 1. The molecule has 0 unspecified atom stereocenters. The number of nitrogens with zero attached hydrogens (tertiary/aromatic N) is 6. The number of amides is 1. The smallest absolute Gasteiger partial charge is 0.281 e. The van der Waals surface area contributed by atoms with E-state index >= 15 is 0 Å². The summed E-state index contributed by atoms with van der Waals surface area (Å²) in [5.41, 5.74) is 2.46. The molecule has 0 radical (unpaired) electrons. The van der Waals surface area contributed by atoms with Gasteiger partial charge in [-0.25, -0.2) is 4.98 Å². The molecule has 0 fully saturated rings. The standard InChI is InChI=1S/C14H9BrN6O/c15-12-4-3-10(7-17-12)21-18-11-8-20(14(22)13(11)19-21)9-2-1-5-16-6-9/h1-7H,8H2. The summed E-state index contributed by atoms with van der Waals surface area (Å²) in [6.07, 6.45) is 4.96. The van der Waals surface area contributed by atoms with E-state index in [9.17, 15) is 4.79 Å². The van der Waals surface area contributed by atoms with E-state index in [-0.39, 0.29) is 5.91 Å². The lowest BCUT2D eigenvalue weighted by Gasteiger charge is -2.14. The molecule has 0 saturated heterocycles. The molecule has 3 aromatic heterocycles. The van der Waals surface area contributed by atoms with Gasteiger partial charge in [0.15, 0.2) is 5.69 Å². The van der Waals surface area contributed by atoms with Crippen molar-refractivity contribution in [1.82, 2.24) is 25.0 Å². The first kappa shape index (κ1) is 13.1. The first-order chi connectivity index (χ1) is 10.7. The minimum absolute atomic E-state index is 0.167. The van der Waals surface area contributed by atoms with Crippen molar-refractivity contribution in [1.29, 1.82) is 0 Å². The molecular formula is C14H9BrN6O. The average Bonchev–Trinajstić information content (AvgIpc) is 3.09. The zero-order valence-electron chi connectivity index (χ0n) is 11.2. The molecule has 1 aliphatic rings. The third kappa shape index (κ3) is 2.08. The number of halogens is 1. The maximum Gasteiger partial charge on any atom is 0.281 e. The molecule has 0 spiro atoms. The Hall–Kier alpha value is -2.61. The summed E-state index contributed by atoms with van der Waals surface area (Å²) >= 11 is 3.28. The van der Waals surface area contributed by atoms with Gasteiger partial charge in [0.25, 0.3) is 5.91 Å². The first-order valence-corrected chi connectivity index (χ1v) is 7.32. The van der Waals surface area contributed by atoms with Gasteiger partial charge in [0.2, 0.25) is 0 Å². The molecule has 8 heteroatoms. The van der Waals surface area contributed by atoms with E-state index in [4.69, 9.17) is 0 Å². The fourth-order valence-electron chi connectivity index (χ4n) is 2.28. The summed E-state index contributed by atoms with van der Waals surface area (Å²) in [6, 6.07) is 7.26. The van der Waals surface area contributed by atoms with Crippen LogP contribution in [0.4, 0.5) is 5.69 Å². The maximum absolute atomic E-state index is 12.5. The van der Waals surface area contributed by atoms with Crippen LogP contribution in [0.15, 0.2) is 47.5 Å². The van der Waals surface area contributed by atoms with Gasteiger partial charge in [-0.1, -0.05) is 0 Å².